The highest BCUT2D eigenvalue weighted by Gasteiger charge is 2.67. The van der Waals surface area contributed by atoms with Crippen molar-refractivity contribution in [1.29, 1.82) is 0 Å². The minimum Gasteiger partial charge on any atom is -0.466 e. The Kier molecular flexibility index (Phi) is 8.56. The second-order valence-electron chi connectivity index (χ2n) is 11.1. The quantitative estimate of drug-likeness (QED) is 0.138. The number of carbonyl (C=O) groups excluding carboxylic acids is 3. The predicted octanol–water partition coefficient (Wildman–Crippen LogP) is 5.95. The van der Waals surface area contributed by atoms with Gasteiger partial charge in [-0.25, -0.2) is 19.4 Å². The highest BCUT2D eigenvalue weighted by Crippen LogP contribution is 2.56. The van der Waals surface area contributed by atoms with E-state index in [0.717, 1.165) is 5.56 Å². The molecule has 10 nitrogen and oxygen atoms in total. The van der Waals surface area contributed by atoms with Crippen LogP contribution in [0.4, 0.5) is 17.1 Å². The van der Waals surface area contributed by atoms with Gasteiger partial charge in [-0.05, 0) is 50.2 Å². The number of hydrogen-bond acceptors (Lipinski definition) is 10. The molecule has 10 heteroatoms. The van der Waals surface area contributed by atoms with Gasteiger partial charge >= 0.3 is 17.9 Å². The van der Waals surface area contributed by atoms with Gasteiger partial charge in [-0.3, -0.25) is 4.90 Å². The molecular weight excluding hydrogens is 608 g/mol. The maximum absolute atomic E-state index is 14.5. The fourth-order valence-electron chi connectivity index (χ4n) is 6.28. The van der Waals surface area contributed by atoms with Crippen LogP contribution in [0.1, 0.15) is 18.1 Å². The SMILES string of the molecule is COC(=O)C1=C(C(=O)OC)C2(/C(=C(/C)C(=O)OC)N1c1ccc(C)cc1)N(c1ccccc1)N=C(c1ccccc1)N2c1ccccc1. The van der Waals surface area contributed by atoms with Crippen LogP contribution in [0, 0.1) is 6.92 Å². The van der Waals surface area contributed by atoms with Gasteiger partial charge in [-0.1, -0.05) is 84.4 Å². The Hall–Kier alpha value is -6.16. The molecule has 2 aliphatic rings. The Bertz CT molecular complexity index is 1960. The number of esters is 3. The van der Waals surface area contributed by atoms with Crippen molar-refractivity contribution in [2.24, 2.45) is 5.10 Å². The van der Waals surface area contributed by atoms with E-state index in [4.69, 9.17) is 19.3 Å². The van der Waals surface area contributed by atoms with E-state index in [1.165, 1.54) is 21.3 Å². The molecule has 0 amide bonds. The molecule has 0 aliphatic carbocycles. The number of aryl methyl sites for hydroxylation is 1. The van der Waals surface area contributed by atoms with Crippen LogP contribution < -0.4 is 14.8 Å². The van der Waals surface area contributed by atoms with Gasteiger partial charge in [-0.2, -0.15) is 5.10 Å². The molecule has 0 radical (unpaired) electrons. The molecule has 4 aromatic carbocycles. The van der Waals surface area contributed by atoms with Gasteiger partial charge in [0.05, 0.1) is 38.3 Å². The lowest BCUT2D eigenvalue weighted by Gasteiger charge is -2.44. The molecule has 0 saturated carbocycles. The molecule has 0 bridgehead atoms. The summed E-state index contributed by atoms with van der Waals surface area (Å²) in [5, 5.41) is 6.90. The van der Waals surface area contributed by atoms with Crippen molar-refractivity contribution in [1.82, 2.24) is 0 Å². The standard InChI is InChI=1S/C38H34N4O6/c1-25-21-23-28(24-22-25)40-32(37(45)48-5)31(36(44)47-4)38(33(40)26(2)35(43)46-3)41(29-17-11-7-12-18-29)34(27-15-9-6-10-16-27)39-42(38)30-19-13-8-14-20-30/h6-24H,1-5H3/b33-26+. The van der Waals surface area contributed by atoms with Crippen LogP contribution in [-0.4, -0.2) is 50.7 Å². The average Bonchev–Trinajstić information content (AvgIpc) is 3.65. The normalized spacial score (nSPS) is 18.2. The number of nitrogens with zero attached hydrogens (tertiary/aromatic N) is 4. The zero-order chi connectivity index (χ0) is 34.0. The topological polar surface area (TPSA) is 101 Å². The molecule has 1 unspecified atom stereocenters. The molecule has 6 rings (SSSR count). The summed E-state index contributed by atoms with van der Waals surface area (Å²) in [6.07, 6.45) is 0. The second-order valence-corrected chi connectivity index (χ2v) is 11.1. The number of anilines is 3. The Morgan fingerprint density at radius 2 is 1.19 bits per heavy atom. The molecule has 4 aromatic rings. The highest BCUT2D eigenvalue weighted by molar-refractivity contribution is 6.20. The van der Waals surface area contributed by atoms with Crippen molar-refractivity contribution in [3.05, 3.63) is 149 Å². The van der Waals surface area contributed by atoms with E-state index in [2.05, 4.69) is 0 Å². The van der Waals surface area contributed by atoms with Crippen LogP contribution in [0.15, 0.2) is 143 Å². The smallest absolute Gasteiger partial charge is 0.355 e. The first-order valence-corrected chi connectivity index (χ1v) is 15.2. The van der Waals surface area contributed by atoms with E-state index in [0.29, 0.717) is 28.5 Å². The van der Waals surface area contributed by atoms with Gasteiger partial charge in [0.1, 0.15) is 11.3 Å². The Morgan fingerprint density at radius 1 is 0.646 bits per heavy atom. The third kappa shape index (κ3) is 4.98. The van der Waals surface area contributed by atoms with E-state index >= 15 is 0 Å². The number of methoxy groups -OCH3 is 3. The highest BCUT2D eigenvalue weighted by atomic mass is 16.5. The predicted molar refractivity (Wildman–Crippen MR) is 183 cm³/mol. The molecule has 0 aromatic heterocycles. The van der Waals surface area contributed by atoms with Crippen LogP contribution in [0.5, 0.6) is 0 Å². The van der Waals surface area contributed by atoms with Crippen molar-refractivity contribution in [3.8, 4) is 0 Å². The van der Waals surface area contributed by atoms with E-state index in [9.17, 15) is 14.4 Å². The molecule has 1 spiro atoms. The number of carbonyl (C=O) groups is 3. The van der Waals surface area contributed by atoms with Crippen molar-refractivity contribution >= 4 is 40.8 Å². The molecule has 1 atom stereocenters. The third-order valence-corrected chi connectivity index (χ3v) is 8.35. The summed E-state index contributed by atoms with van der Waals surface area (Å²) in [5.74, 6) is -1.88. The van der Waals surface area contributed by atoms with E-state index < -0.39 is 23.6 Å². The number of ether oxygens (including phenoxy) is 3. The Morgan fingerprint density at radius 3 is 1.73 bits per heavy atom. The van der Waals surface area contributed by atoms with Crippen molar-refractivity contribution < 1.29 is 28.6 Å². The van der Waals surface area contributed by atoms with Gasteiger partial charge in [0.25, 0.3) is 0 Å². The fraction of sp³-hybridized carbons (Fsp3) is 0.158. The molecule has 2 aliphatic heterocycles. The molecule has 242 valence electrons. The van der Waals surface area contributed by atoms with Crippen LogP contribution in [0.25, 0.3) is 0 Å². The fourth-order valence-corrected chi connectivity index (χ4v) is 6.28. The lowest BCUT2D eigenvalue weighted by Crippen LogP contribution is -2.61. The third-order valence-electron chi connectivity index (χ3n) is 8.35. The number of benzene rings is 4. The summed E-state index contributed by atoms with van der Waals surface area (Å²) in [6, 6.07) is 35.5. The van der Waals surface area contributed by atoms with Crippen LogP contribution >= 0.6 is 0 Å². The summed E-state index contributed by atoms with van der Waals surface area (Å²) >= 11 is 0. The minimum atomic E-state index is -1.84. The van der Waals surface area contributed by atoms with Crippen molar-refractivity contribution in [3.63, 3.8) is 0 Å². The maximum Gasteiger partial charge on any atom is 0.355 e. The van der Waals surface area contributed by atoms with Crippen LogP contribution in [0.3, 0.4) is 0 Å². The monoisotopic (exact) mass is 642 g/mol. The first-order chi connectivity index (χ1) is 23.3. The molecule has 0 N–H and O–H groups in total. The van der Waals surface area contributed by atoms with Crippen molar-refractivity contribution in [2.75, 3.05) is 36.1 Å². The lowest BCUT2D eigenvalue weighted by atomic mass is 9.90. The van der Waals surface area contributed by atoms with Crippen LogP contribution in [0.2, 0.25) is 0 Å². The zero-order valence-corrected chi connectivity index (χ0v) is 27.2. The molecule has 48 heavy (non-hydrogen) atoms. The largest absolute Gasteiger partial charge is 0.466 e. The number of hydrazone groups is 1. The van der Waals surface area contributed by atoms with E-state index in [1.54, 1.807) is 16.8 Å². The van der Waals surface area contributed by atoms with Gasteiger partial charge < -0.3 is 19.1 Å². The van der Waals surface area contributed by atoms with Gasteiger partial charge in [0.2, 0.25) is 5.66 Å². The molecule has 0 saturated heterocycles. The van der Waals surface area contributed by atoms with Crippen LogP contribution in [-0.2, 0) is 28.6 Å². The summed E-state index contributed by atoms with van der Waals surface area (Å²) in [4.78, 5) is 45.8. The lowest BCUT2D eigenvalue weighted by molar-refractivity contribution is -0.139. The van der Waals surface area contributed by atoms with Gasteiger partial charge in [-0.15, -0.1) is 0 Å². The molecule has 0 fully saturated rings. The summed E-state index contributed by atoms with van der Waals surface area (Å²) in [5.41, 5.74) is 1.60. The summed E-state index contributed by atoms with van der Waals surface area (Å²) in [6.45, 7) is 3.54. The average molecular weight is 643 g/mol. The minimum absolute atomic E-state index is 0.113. The van der Waals surface area contributed by atoms with Crippen molar-refractivity contribution in [2.45, 2.75) is 19.5 Å². The number of amidine groups is 1. The first kappa shape index (κ1) is 31.8. The maximum atomic E-state index is 14.5. The second kappa shape index (κ2) is 12.9. The van der Waals surface area contributed by atoms with Gasteiger partial charge in [0.15, 0.2) is 5.84 Å². The first-order valence-electron chi connectivity index (χ1n) is 15.2. The number of hydrogen-bond donors (Lipinski definition) is 0. The summed E-state index contributed by atoms with van der Waals surface area (Å²) < 4.78 is 16.2. The van der Waals surface area contributed by atoms with E-state index in [1.807, 2.05) is 127 Å². The molecular formula is C38H34N4O6. The number of rotatable bonds is 7. The Labute approximate surface area is 278 Å². The number of para-hydroxylation sites is 2. The summed E-state index contributed by atoms with van der Waals surface area (Å²) in [7, 11) is 3.77. The van der Waals surface area contributed by atoms with E-state index in [-0.39, 0.29) is 22.5 Å². The Balaban J connectivity index is 1.88. The van der Waals surface area contributed by atoms with Gasteiger partial charge in [0, 0.05) is 16.9 Å². The zero-order valence-electron chi connectivity index (χ0n) is 27.2. The molecule has 2 heterocycles.